The normalized spacial score (nSPS) is 25.2. The number of thiazole rings is 1. The van der Waals surface area contributed by atoms with Crippen molar-refractivity contribution >= 4 is 17.2 Å². The number of rotatable bonds is 4. The van der Waals surface area contributed by atoms with Crippen LogP contribution < -0.4 is 10.1 Å². The zero-order chi connectivity index (χ0) is 17.4. The molecule has 3 heterocycles. The first-order valence-electron chi connectivity index (χ1n) is 8.71. The molecule has 4 rings (SSSR count). The van der Waals surface area contributed by atoms with E-state index in [2.05, 4.69) is 27.3 Å². The molecule has 0 saturated carbocycles. The molecule has 2 aliphatic heterocycles. The third kappa shape index (κ3) is 3.16. The van der Waals surface area contributed by atoms with E-state index in [0.717, 1.165) is 36.1 Å². The van der Waals surface area contributed by atoms with Crippen molar-refractivity contribution in [2.75, 3.05) is 26.7 Å². The molecule has 3 atom stereocenters. The van der Waals surface area contributed by atoms with Crippen LogP contribution in [0.25, 0.3) is 0 Å². The van der Waals surface area contributed by atoms with Gasteiger partial charge in [0, 0.05) is 30.9 Å². The lowest BCUT2D eigenvalue weighted by Crippen LogP contribution is -2.35. The fourth-order valence-corrected chi connectivity index (χ4v) is 4.76. The summed E-state index contributed by atoms with van der Waals surface area (Å²) in [5, 5.41) is 6.49. The Balaban J connectivity index is 1.59. The van der Waals surface area contributed by atoms with Gasteiger partial charge in [0.2, 0.25) is 5.91 Å². The number of benzene rings is 1. The van der Waals surface area contributed by atoms with Crippen LogP contribution >= 0.6 is 11.3 Å². The van der Waals surface area contributed by atoms with Gasteiger partial charge in [-0.05, 0) is 30.5 Å². The Hall–Kier alpha value is -1.92. The summed E-state index contributed by atoms with van der Waals surface area (Å²) in [4.78, 5) is 19.5. The number of aryl methyl sites for hydroxylation is 1. The van der Waals surface area contributed by atoms with E-state index >= 15 is 0 Å². The van der Waals surface area contributed by atoms with Gasteiger partial charge in [-0.2, -0.15) is 0 Å². The van der Waals surface area contributed by atoms with E-state index in [9.17, 15) is 4.79 Å². The first kappa shape index (κ1) is 16.5. The average Bonchev–Trinajstić information content (AvgIpc) is 3.30. The third-order valence-corrected chi connectivity index (χ3v) is 6.16. The van der Waals surface area contributed by atoms with E-state index in [0.29, 0.717) is 18.3 Å². The summed E-state index contributed by atoms with van der Waals surface area (Å²) < 4.78 is 5.27. The number of hydrogen-bond donors (Lipinski definition) is 1. The van der Waals surface area contributed by atoms with Crippen LogP contribution in [0.15, 0.2) is 29.6 Å². The van der Waals surface area contributed by atoms with Crippen molar-refractivity contribution in [2.24, 2.45) is 11.8 Å². The highest BCUT2D eigenvalue weighted by molar-refractivity contribution is 7.09. The van der Waals surface area contributed by atoms with Crippen molar-refractivity contribution in [2.45, 2.75) is 19.4 Å². The molecule has 0 radical (unpaired) electrons. The van der Waals surface area contributed by atoms with Crippen molar-refractivity contribution in [3.63, 3.8) is 0 Å². The number of nitrogens with one attached hydrogen (secondary N) is 1. The van der Waals surface area contributed by atoms with Gasteiger partial charge in [0.25, 0.3) is 0 Å². The molecule has 0 spiro atoms. The summed E-state index contributed by atoms with van der Waals surface area (Å²) in [6, 6.07) is 8.29. The summed E-state index contributed by atoms with van der Waals surface area (Å²) in [6.45, 7) is 4.78. The molecule has 6 heteroatoms. The van der Waals surface area contributed by atoms with Gasteiger partial charge in [-0.1, -0.05) is 12.1 Å². The summed E-state index contributed by atoms with van der Waals surface area (Å²) >= 11 is 1.60. The number of nitrogens with zero attached hydrogens (tertiary/aromatic N) is 2. The van der Waals surface area contributed by atoms with Crippen molar-refractivity contribution < 1.29 is 9.53 Å². The number of carbonyl (C=O) groups is 1. The van der Waals surface area contributed by atoms with Gasteiger partial charge < -0.3 is 15.0 Å². The predicted octanol–water partition coefficient (Wildman–Crippen LogP) is 2.42. The zero-order valence-electron chi connectivity index (χ0n) is 14.6. The SMILES string of the molecule is COc1ccc([C@H]2[C@H]3CNC[C@H]3CN2C(=O)Cc2csc(C)n2)cc1. The summed E-state index contributed by atoms with van der Waals surface area (Å²) in [5.41, 5.74) is 2.08. The van der Waals surface area contributed by atoms with E-state index in [4.69, 9.17) is 4.74 Å². The van der Waals surface area contributed by atoms with Gasteiger partial charge in [0.15, 0.2) is 0 Å². The van der Waals surface area contributed by atoms with Gasteiger partial charge in [0.05, 0.1) is 30.3 Å². The number of ether oxygens (including phenoxy) is 1. The van der Waals surface area contributed by atoms with E-state index in [1.807, 2.05) is 24.4 Å². The molecular weight excluding hydrogens is 334 g/mol. The van der Waals surface area contributed by atoms with Gasteiger partial charge in [-0.15, -0.1) is 11.3 Å². The molecule has 132 valence electrons. The molecule has 1 N–H and O–H groups in total. The molecule has 2 aliphatic rings. The molecule has 2 aromatic rings. The molecule has 5 nitrogen and oxygen atoms in total. The lowest BCUT2D eigenvalue weighted by Gasteiger charge is -2.28. The maximum absolute atomic E-state index is 13.0. The van der Waals surface area contributed by atoms with Crippen LogP contribution in [-0.4, -0.2) is 42.5 Å². The second kappa shape index (κ2) is 6.77. The van der Waals surface area contributed by atoms with Crippen LogP contribution in [0, 0.1) is 18.8 Å². The van der Waals surface area contributed by atoms with Crippen LogP contribution in [0.1, 0.15) is 22.3 Å². The number of methoxy groups -OCH3 is 1. The standard InChI is InChI=1S/C19H23N3O2S/c1-12-21-15(11-25-12)7-18(23)22-10-14-8-20-9-17(14)19(22)13-3-5-16(24-2)6-4-13/h3-6,11,14,17,19-20H,7-10H2,1-2H3/t14-,17-,19-/m0/s1. The minimum absolute atomic E-state index is 0.137. The molecule has 25 heavy (non-hydrogen) atoms. The Morgan fingerprint density at radius 1 is 1.36 bits per heavy atom. The maximum atomic E-state index is 13.0. The smallest absolute Gasteiger partial charge is 0.229 e. The molecular formula is C19H23N3O2S. The highest BCUT2D eigenvalue weighted by Crippen LogP contribution is 2.43. The van der Waals surface area contributed by atoms with Crippen molar-refractivity contribution in [3.05, 3.63) is 45.9 Å². The van der Waals surface area contributed by atoms with Crippen LogP contribution in [0.3, 0.4) is 0 Å². The van der Waals surface area contributed by atoms with Crippen LogP contribution in [0.5, 0.6) is 5.75 Å². The molecule has 0 aliphatic carbocycles. The minimum Gasteiger partial charge on any atom is -0.497 e. The van der Waals surface area contributed by atoms with Gasteiger partial charge in [0.1, 0.15) is 5.75 Å². The minimum atomic E-state index is 0.137. The number of likely N-dealkylation sites (tertiary alicyclic amines) is 1. The summed E-state index contributed by atoms with van der Waals surface area (Å²) in [6.07, 6.45) is 0.393. The quantitative estimate of drug-likeness (QED) is 0.913. The van der Waals surface area contributed by atoms with Crippen molar-refractivity contribution in [1.82, 2.24) is 15.2 Å². The molecule has 1 aromatic carbocycles. The van der Waals surface area contributed by atoms with Crippen LogP contribution in [0.2, 0.25) is 0 Å². The van der Waals surface area contributed by atoms with Gasteiger partial charge in [-0.3, -0.25) is 4.79 Å². The second-order valence-corrected chi connectivity index (χ2v) is 7.94. The molecule has 0 bridgehead atoms. The topological polar surface area (TPSA) is 54.5 Å². The molecule has 0 unspecified atom stereocenters. The van der Waals surface area contributed by atoms with Gasteiger partial charge >= 0.3 is 0 Å². The Kier molecular flexibility index (Phi) is 4.48. The zero-order valence-corrected chi connectivity index (χ0v) is 15.4. The highest BCUT2D eigenvalue weighted by atomic mass is 32.1. The third-order valence-electron chi connectivity index (χ3n) is 5.34. The number of carbonyl (C=O) groups excluding carboxylic acids is 1. The van der Waals surface area contributed by atoms with Crippen LogP contribution in [0.4, 0.5) is 0 Å². The Morgan fingerprint density at radius 2 is 2.16 bits per heavy atom. The fourth-order valence-electron chi connectivity index (χ4n) is 4.15. The number of amides is 1. The average molecular weight is 357 g/mol. The first-order chi connectivity index (χ1) is 12.2. The molecule has 1 amide bonds. The highest BCUT2D eigenvalue weighted by Gasteiger charge is 2.46. The number of aromatic nitrogens is 1. The molecule has 1 aromatic heterocycles. The van der Waals surface area contributed by atoms with E-state index in [1.165, 1.54) is 5.56 Å². The predicted molar refractivity (Wildman–Crippen MR) is 97.9 cm³/mol. The Morgan fingerprint density at radius 3 is 2.84 bits per heavy atom. The van der Waals surface area contributed by atoms with Crippen molar-refractivity contribution in [3.8, 4) is 5.75 Å². The van der Waals surface area contributed by atoms with Crippen molar-refractivity contribution in [1.29, 1.82) is 0 Å². The largest absolute Gasteiger partial charge is 0.497 e. The second-order valence-electron chi connectivity index (χ2n) is 6.88. The lowest BCUT2D eigenvalue weighted by molar-refractivity contribution is -0.132. The van der Waals surface area contributed by atoms with E-state index < -0.39 is 0 Å². The lowest BCUT2D eigenvalue weighted by atomic mass is 9.89. The fraction of sp³-hybridized carbons (Fsp3) is 0.474. The Labute approximate surface area is 152 Å². The summed E-state index contributed by atoms with van der Waals surface area (Å²) in [7, 11) is 1.67. The summed E-state index contributed by atoms with van der Waals surface area (Å²) in [5.74, 6) is 2.04. The Bertz CT molecular complexity index is 758. The van der Waals surface area contributed by atoms with Gasteiger partial charge in [-0.25, -0.2) is 4.98 Å². The van der Waals surface area contributed by atoms with E-state index in [-0.39, 0.29) is 11.9 Å². The molecule has 2 fully saturated rings. The first-order valence-corrected chi connectivity index (χ1v) is 9.59. The maximum Gasteiger partial charge on any atom is 0.229 e. The number of fused-ring (bicyclic) bond motifs is 1. The molecule has 2 saturated heterocycles. The monoisotopic (exact) mass is 357 g/mol. The van der Waals surface area contributed by atoms with E-state index in [1.54, 1.807) is 18.4 Å². The number of hydrogen-bond acceptors (Lipinski definition) is 5. The van der Waals surface area contributed by atoms with Crippen LogP contribution in [-0.2, 0) is 11.2 Å².